The predicted molar refractivity (Wildman–Crippen MR) is 122 cm³/mol. The summed E-state index contributed by atoms with van der Waals surface area (Å²) in [4.78, 5) is 15.0. The summed E-state index contributed by atoms with van der Waals surface area (Å²) in [6.45, 7) is 10.0. The maximum Gasteiger partial charge on any atom is 0.323 e. The van der Waals surface area contributed by atoms with E-state index in [2.05, 4.69) is 15.5 Å². The number of nitrogens with one attached hydrogen (secondary N) is 2. The molecule has 1 fully saturated rings. The molecule has 2 aromatic carbocycles. The van der Waals surface area contributed by atoms with Crippen molar-refractivity contribution < 1.29 is 23.7 Å². The second kappa shape index (κ2) is 11.3. The van der Waals surface area contributed by atoms with Gasteiger partial charge in [-0.2, -0.15) is 0 Å². The zero-order valence-corrected chi connectivity index (χ0v) is 18.4. The third-order valence-electron chi connectivity index (χ3n) is 4.67. The third kappa shape index (κ3) is 5.95. The normalized spacial score (nSPS) is 13.5. The minimum atomic E-state index is -0.352. The van der Waals surface area contributed by atoms with Crippen molar-refractivity contribution >= 4 is 23.1 Å². The van der Waals surface area contributed by atoms with Crippen LogP contribution in [0.2, 0.25) is 0 Å². The summed E-state index contributed by atoms with van der Waals surface area (Å²) in [7, 11) is 0. The number of nitrogens with zero attached hydrogens (tertiary/aromatic N) is 1. The lowest BCUT2D eigenvalue weighted by Crippen LogP contribution is -2.37. The Morgan fingerprint density at radius 2 is 1.55 bits per heavy atom. The van der Waals surface area contributed by atoms with Crippen molar-refractivity contribution in [3.05, 3.63) is 36.4 Å². The molecule has 0 unspecified atom stereocenters. The number of hydrogen-bond acceptors (Lipinski definition) is 6. The highest BCUT2D eigenvalue weighted by Crippen LogP contribution is 2.41. The average molecular weight is 430 g/mol. The van der Waals surface area contributed by atoms with Crippen molar-refractivity contribution in [3.63, 3.8) is 0 Å². The molecule has 0 spiro atoms. The molecule has 168 valence electrons. The number of urea groups is 1. The number of para-hydroxylation sites is 2. The molecule has 0 radical (unpaired) electrons. The summed E-state index contributed by atoms with van der Waals surface area (Å²) in [5.41, 5.74) is 2.26. The van der Waals surface area contributed by atoms with Crippen molar-refractivity contribution in [2.75, 3.05) is 61.7 Å². The Labute approximate surface area is 183 Å². The lowest BCUT2D eigenvalue weighted by atomic mass is 10.2. The fourth-order valence-electron chi connectivity index (χ4n) is 3.40. The number of amides is 2. The van der Waals surface area contributed by atoms with Crippen LogP contribution in [0.3, 0.4) is 0 Å². The molecule has 0 atom stereocenters. The largest absolute Gasteiger partial charge is 0.490 e. The molecule has 8 heteroatoms. The Hall–Kier alpha value is -3.13. The molecule has 1 heterocycles. The SMILES string of the molecule is CCOc1cc(NC(=O)Nc2ccccc2N2CCOCC2)cc(OCC)c1OCC. The molecule has 2 N–H and O–H groups in total. The molecule has 0 saturated carbocycles. The van der Waals surface area contributed by atoms with E-state index >= 15 is 0 Å². The quantitative estimate of drug-likeness (QED) is 0.616. The van der Waals surface area contributed by atoms with Gasteiger partial charge in [-0.3, -0.25) is 0 Å². The van der Waals surface area contributed by atoms with E-state index in [-0.39, 0.29) is 6.03 Å². The summed E-state index contributed by atoms with van der Waals surface area (Å²) in [5, 5.41) is 5.83. The molecular weight excluding hydrogens is 398 g/mol. The van der Waals surface area contributed by atoms with Gasteiger partial charge in [-0.1, -0.05) is 12.1 Å². The number of carbonyl (C=O) groups excluding carboxylic acids is 1. The highest BCUT2D eigenvalue weighted by atomic mass is 16.5. The van der Waals surface area contributed by atoms with E-state index in [1.54, 1.807) is 12.1 Å². The molecule has 31 heavy (non-hydrogen) atoms. The van der Waals surface area contributed by atoms with E-state index in [0.29, 0.717) is 56.0 Å². The van der Waals surface area contributed by atoms with Crippen LogP contribution < -0.4 is 29.7 Å². The van der Waals surface area contributed by atoms with E-state index in [1.165, 1.54) is 0 Å². The topological polar surface area (TPSA) is 81.3 Å². The zero-order chi connectivity index (χ0) is 22.1. The summed E-state index contributed by atoms with van der Waals surface area (Å²) < 4.78 is 22.6. The molecule has 3 rings (SSSR count). The maximum absolute atomic E-state index is 12.8. The van der Waals surface area contributed by atoms with Crippen molar-refractivity contribution in [2.24, 2.45) is 0 Å². The summed E-state index contributed by atoms with van der Waals surface area (Å²) >= 11 is 0. The van der Waals surface area contributed by atoms with Crippen LogP contribution in [0.25, 0.3) is 0 Å². The van der Waals surface area contributed by atoms with Crippen molar-refractivity contribution in [2.45, 2.75) is 20.8 Å². The first kappa shape index (κ1) is 22.6. The zero-order valence-electron chi connectivity index (χ0n) is 18.4. The first-order valence-electron chi connectivity index (χ1n) is 10.7. The number of carbonyl (C=O) groups is 1. The molecule has 1 aliphatic rings. The van der Waals surface area contributed by atoms with Crippen LogP contribution in [0, 0.1) is 0 Å². The highest BCUT2D eigenvalue weighted by Gasteiger charge is 2.18. The van der Waals surface area contributed by atoms with Gasteiger partial charge in [-0.15, -0.1) is 0 Å². The van der Waals surface area contributed by atoms with E-state index in [9.17, 15) is 4.79 Å². The van der Waals surface area contributed by atoms with Crippen LogP contribution in [0.15, 0.2) is 36.4 Å². The summed E-state index contributed by atoms with van der Waals surface area (Å²) in [6, 6.07) is 10.9. The third-order valence-corrected chi connectivity index (χ3v) is 4.67. The molecule has 8 nitrogen and oxygen atoms in total. The molecule has 2 aromatic rings. The van der Waals surface area contributed by atoms with E-state index in [0.717, 1.165) is 24.5 Å². The van der Waals surface area contributed by atoms with Gasteiger partial charge in [0.15, 0.2) is 11.5 Å². The molecule has 2 amide bonds. The number of benzene rings is 2. The van der Waals surface area contributed by atoms with Gasteiger partial charge in [0.1, 0.15) is 0 Å². The number of morpholine rings is 1. The fraction of sp³-hybridized carbons (Fsp3) is 0.435. The highest BCUT2D eigenvalue weighted by molar-refractivity contribution is 6.02. The minimum Gasteiger partial charge on any atom is -0.490 e. The first-order chi connectivity index (χ1) is 15.2. The molecule has 0 bridgehead atoms. The van der Waals surface area contributed by atoms with Crippen molar-refractivity contribution in [3.8, 4) is 17.2 Å². The van der Waals surface area contributed by atoms with Gasteiger partial charge < -0.3 is 34.5 Å². The smallest absolute Gasteiger partial charge is 0.323 e. The van der Waals surface area contributed by atoms with Gasteiger partial charge in [0.2, 0.25) is 5.75 Å². The van der Waals surface area contributed by atoms with Crippen LogP contribution in [-0.4, -0.2) is 52.2 Å². The second-order valence-electron chi connectivity index (χ2n) is 6.80. The number of hydrogen-bond donors (Lipinski definition) is 2. The van der Waals surface area contributed by atoms with Gasteiger partial charge in [0, 0.05) is 25.2 Å². The van der Waals surface area contributed by atoms with E-state index in [4.69, 9.17) is 18.9 Å². The average Bonchev–Trinajstić information content (AvgIpc) is 2.77. The van der Waals surface area contributed by atoms with Crippen molar-refractivity contribution in [1.82, 2.24) is 0 Å². The van der Waals surface area contributed by atoms with Crippen LogP contribution in [0.1, 0.15) is 20.8 Å². The monoisotopic (exact) mass is 429 g/mol. The number of ether oxygens (including phenoxy) is 4. The number of rotatable bonds is 9. The van der Waals surface area contributed by atoms with Crippen LogP contribution in [0.5, 0.6) is 17.2 Å². The van der Waals surface area contributed by atoms with Gasteiger partial charge in [0.05, 0.1) is 50.1 Å². The van der Waals surface area contributed by atoms with Crippen molar-refractivity contribution in [1.29, 1.82) is 0 Å². The Kier molecular flexibility index (Phi) is 8.23. The van der Waals surface area contributed by atoms with Crippen LogP contribution in [-0.2, 0) is 4.74 Å². The second-order valence-corrected chi connectivity index (χ2v) is 6.80. The Morgan fingerprint density at radius 3 is 2.16 bits per heavy atom. The lowest BCUT2D eigenvalue weighted by molar-refractivity contribution is 0.123. The minimum absolute atomic E-state index is 0.352. The van der Waals surface area contributed by atoms with E-state index < -0.39 is 0 Å². The van der Waals surface area contributed by atoms with Gasteiger partial charge in [-0.05, 0) is 32.9 Å². The van der Waals surface area contributed by atoms with Gasteiger partial charge in [-0.25, -0.2) is 4.79 Å². The van der Waals surface area contributed by atoms with Crippen LogP contribution >= 0.6 is 0 Å². The maximum atomic E-state index is 12.8. The molecule has 1 aliphatic heterocycles. The van der Waals surface area contributed by atoms with E-state index in [1.807, 2.05) is 45.0 Å². The van der Waals surface area contributed by atoms with Crippen LogP contribution in [0.4, 0.5) is 21.9 Å². The van der Waals surface area contributed by atoms with Gasteiger partial charge in [0.25, 0.3) is 0 Å². The lowest BCUT2D eigenvalue weighted by Gasteiger charge is -2.30. The summed E-state index contributed by atoms with van der Waals surface area (Å²) in [5.74, 6) is 1.59. The first-order valence-corrected chi connectivity index (χ1v) is 10.7. The summed E-state index contributed by atoms with van der Waals surface area (Å²) in [6.07, 6.45) is 0. The fourth-order valence-corrected chi connectivity index (χ4v) is 3.40. The van der Waals surface area contributed by atoms with Gasteiger partial charge >= 0.3 is 6.03 Å². The predicted octanol–water partition coefficient (Wildman–Crippen LogP) is 4.36. The molecule has 0 aromatic heterocycles. The molecular formula is C23H31N3O5. The Morgan fingerprint density at radius 1 is 0.935 bits per heavy atom. The Bertz CT molecular complexity index is 841. The molecule has 0 aliphatic carbocycles. The molecule has 1 saturated heterocycles. The standard InChI is InChI=1S/C23H31N3O5/c1-4-29-20-15-17(16-21(30-5-2)22(20)31-6-3)24-23(27)25-18-9-7-8-10-19(18)26-11-13-28-14-12-26/h7-10,15-16H,4-6,11-14H2,1-3H3,(H2,24,25,27). The Balaban J connectivity index is 1.79. The number of anilines is 3.